The predicted molar refractivity (Wildman–Crippen MR) is 96.0 cm³/mol. The highest BCUT2D eigenvalue weighted by Crippen LogP contribution is 2.37. The molecule has 0 atom stereocenters. The van der Waals surface area contributed by atoms with Gasteiger partial charge in [-0.3, -0.25) is 9.69 Å². The van der Waals surface area contributed by atoms with Gasteiger partial charge >= 0.3 is 0 Å². The van der Waals surface area contributed by atoms with Gasteiger partial charge in [0, 0.05) is 16.1 Å². The number of thiocarbonyl (C=S) groups is 1. The third kappa shape index (κ3) is 3.29. The summed E-state index contributed by atoms with van der Waals surface area (Å²) < 4.78 is 15.2. The number of thioether (sulfide) groups is 1. The van der Waals surface area contributed by atoms with Crippen LogP contribution in [0.3, 0.4) is 0 Å². The number of hydrogen-bond donors (Lipinski definition) is 0. The van der Waals surface area contributed by atoms with E-state index >= 15 is 0 Å². The summed E-state index contributed by atoms with van der Waals surface area (Å²) in [6.07, 6.45) is 7.12. The smallest absolute Gasteiger partial charge is 0.266 e. The predicted octanol–water partition coefficient (Wildman–Crippen LogP) is 5.12. The molecule has 3 rings (SSSR count). The molecule has 2 aliphatic rings. The number of halogens is 2. The Morgan fingerprint density at radius 3 is 2.77 bits per heavy atom. The fourth-order valence-corrected chi connectivity index (χ4v) is 4.67. The van der Waals surface area contributed by atoms with Crippen molar-refractivity contribution in [1.82, 2.24) is 4.90 Å². The number of amides is 1. The van der Waals surface area contributed by atoms with Gasteiger partial charge in [-0.05, 0) is 37.1 Å². The molecule has 116 valence electrons. The van der Waals surface area contributed by atoms with E-state index in [1.54, 1.807) is 23.1 Å². The molecule has 0 unspecified atom stereocenters. The number of rotatable bonds is 2. The van der Waals surface area contributed by atoms with Crippen LogP contribution >= 0.6 is 39.9 Å². The SMILES string of the molecule is O=C1/C(=C\c2cc(Br)ccc2F)SC(=S)N1C1CCCCC1. The summed E-state index contributed by atoms with van der Waals surface area (Å²) in [6, 6.07) is 4.90. The van der Waals surface area contributed by atoms with Gasteiger partial charge in [0.05, 0.1) is 4.91 Å². The zero-order chi connectivity index (χ0) is 15.7. The van der Waals surface area contributed by atoms with Crippen LogP contribution in [0.1, 0.15) is 37.7 Å². The highest BCUT2D eigenvalue weighted by molar-refractivity contribution is 9.10. The van der Waals surface area contributed by atoms with Gasteiger partial charge < -0.3 is 0 Å². The Morgan fingerprint density at radius 2 is 2.05 bits per heavy atom. The Balaban J connectivity index is 1.86. The summed E-state index contributed by atoms with van der Waals surface area (Å²) in [6.45, 7) is 0. The standard InChI is InChI=1S/C16H15BrFNOS2/c17-11-6-7-13(18)10(8-11)9-14-15(20)19(16(21)22-14)12-4-2-1-3-5-12/h6-9,12H,1-5H2/b14-9+. The summed E-state index contributed by atoms with van der Waals surface area (Å²) in [5.74, 6) is -0.424. The number of carbonyl (C=O) groups excluding carboxylic acids is 1. The lowest BCUT2D eigenvalue weighted by atomic mass is 9.94. The van der Waals surface area contributed by atoms with Crippen LogP contribution in [0.2, 0.25) is 0 Å². The first-order chi connectivity index (χ1) is 10.6. The van der Waals surface area contributed by atoms with Crippen molar-refractivity contribution < 1.29 is 9.18 Å². The summed E-state index contributed by atoms with van der Waals surface area (Å²) in [7, 11) is 0. The lowest BCUT2D eigenvalue weighted by Gasteiger charge is -2.29. The zero-order valence-electron chi connectivity index (χ0n) is 11.9. The molecule has 0 aromatic heterocycles. The van der Waals surface area contributed by atoms with Crippen LogP contribution in [0.15, 0.2) is 27.6 Å². The molecule has 1 aromatic rings. The summed E-state index contributed by atoms with van der Waals surface area (Å²) in [4.78, 5) is 14.9. The molecule has 0 spiro atoms. The zero-order valence-corrected chi connectivity index (χ0v) is 15.1. The van der Waals surface area contributed by atoms with Gasteiger partial charge in [-0.15, -0.1) is 0 Å². The highest BCUT2D eigenvalue weighted by Gasteiger charge is 2.37. The highest BCUT2D eigenvalue weighted by atomic mass is 79.9. The second-order valence-electron chi connectivity index (χ2n) is 5.51. The van der Waals surface area contributed by atoms with E-state index in [9.17, 15) is 9.18 Å². The van der Waals surface area contributed by atoms with Crippen molar-refractivity contribution in [3.8, 4) is 0 Å². The van der Waals surface area contributed by atoms with Crippen LogP contribution in [0.4, 0.5) is 4.39 Å². The van der Waals surface area contributed by atoms with Crippen LogP contribution in [-0.4, -0.2) is 21.2 Å². The van der Waals surface area contributed by atoms with Crippen LogP contribution < -0.4 is 0 Å². The molecule has 1 aromatic carbocycles. The monoisotopic (exact) mass is 399 g/mol. The molecular formula is C16H15BrFNOS2. The van der Waals surface area contributed by atoms with E-state index < -0.39 is 0 Å². The number of hydrogen-bond acceptors (Lipinski definition) is 3. The lowest BCUT2D eigenvalue weighted by molar-refractivity contribution is -0.124. The van der Waals surface area contributed by atoms with Gasteiger partial charge in [-0.25, -0.2) is 4.39 Å². The summed E-state index contributed by atoms with van der Waals surface area (Å²) in [5, 5.41) is 0. The van der Waals surface area contributed by atoms with Crippen LogP contribution in [0.25, 0.3) is 6.08 Å². The summed E-state index contributed by atoms with van der Waals surface area (Å²) >= 11 is 9.97. The van der Waals surface area contributed by atoms with Crippen molar-refractivity contribution in [2.75, 3.05) is 0 Å². The largest absolute Gasteiger partial charge is 0.290 e. The van der Waals surface area contributed by atoms with Crippen molar-refractivity contribution in [2.45, 2.75) is 38.1 Å². The van der Waals surface area contributed by atoms with Gasteiger partial charge in [0.2, 0.25) is 0 Å². The third-order valence-corrected chi connectivity index (χ3v) is 5.83. The summed E-state index contributed by atoms with van der Waals surface area (Å²) in [5.41, 5.74) is 0.401. The molecule has 1 aliphatic carbocycles. The Labute approximate surface area is 147 Å². The molecule has 0 bridgehead atoms. The van der Waals surface area contributed by atoms with Crippen LogP contribution in [0, 0.1) is 5.82 Å². The maximum absolute atomic E-state index is 13.9. The molecule has 1 heterocycles. The average Bonchev–Trinajstić information content (AvgIpc) is 2.78. The molecule has 1 saturated heterocycles. The molecule has 1 aliphatic heterocycles. The average molecular weight is 400 g/mol. The Morgan fingerprint density at radius 1 is 1.32 bits per heavy atom. The minimum absolute atomic E-state index is 0.0822. The Hall–Kier alpha value is -0.720. The van der Waals surface area contributed by atoms with Crippen molar-refractivity contribution >= 4 is 56.2 Å². The number of carbonyl (C=O) groups is 1. The molecule has 2 nitrogen and oxygen atoms in total. The second kappa shape index (κ2) is 6.81. The molecule has 1 saturated carbocycles. The first kappa shape index (κ1) is 16.1. The molecule has 0 N–H and O–H groups in total. The van der Waals surface area contributed by atoms with E-state index in [0.29, 0.717) is 14.8 Å². The van der Waals surface area contributed by atoms with E-state index in [0.717, 1.165) is 30.2 Å². The normalized spacial score (nSPS) is 21.9. The minimum Gasteiger partial charge on any atom is -0.290 e. The molecule has 1 amide bonds. The van der Waals surface area contributed by atoms with Crippen molar-refractivity contribution in [3.63, 3.8) is 0 Å². The van der Waals surface area contributed by atoms with Gasteiger partial charge in [0.15, 0.2) is 0 Å². The molecular weight excluding hydrogens is 385 g/mol. The van der Waals surface area contributed by atoms with E-state index in [1.165, 1.54) is 24.2 Å². The van der Waals surface area contributed by atoms with E-state index in [2.05, 4.69) is 15.9 Å². The second-order valence-corrected chi connectivity index (χ2v) is 8.10. The van der Waals surface area contributed by atoms with Crippen molar-refractivity contribution in [3.05, 3.63) is 39.0 Å². The first-order valence-corrected chi connectivity index (χ1v) is 9.30. The fourth-order valence-electron chi connectivity index (χ4n) is 2.90. The topological polar surface area (TPSA) is 20.3 Å². The van der Waals surface area contributed by atoms with Gasteiger partial charge in [-0.2, -0.15) is 0 Å². The quantitative estimate of drug-likeness (QED) is 0.508. The molecule has 0 radical (unpaired) electrons. The Kier molecular flexibility index (Phi) is 5.00. The van der Waals surface area contributed by atoms with E-state index in [4.69, 9.17) is 12.2 Å². The lowest BCUT2D eigenvalue weighted by Crippen LogP contribution is -2.39. The van der Waals surface area contributed by atoms with E-state index in [1.807, 2.05) is 0 Å². The van der Waals surface area contributed by atoms with Gasteiger partial charge in [0.1, 0.15) is 10.1 Å². The number of nitrogens with zero attached hydrogens (tertiary/aromatic N) is 1. The maximum atomic E-state index is 13.9. The third-order valence-electron chi connectivity index (χ3n) is 4.01. The van der Waals surface area contributed by atoms with Crippen LogP contribution in [-0.2, 0) is 4.79 Å². The molecule has 2 fully saturated rings. The molecule has 22 heavy (non-hydrogen) atoms. The number of benzene rings is 1. The van der Waals surface area contributed by atoms with Crippen molar-refractivity contribution in [2.24, 2.45) is 0 Å². The van der Waals surface area contributed by atoms with Gasteiger partial charge in [0.25, 0.3) is 5.91 Å². The van der Waals surface area contributed by atoms with Crippen LogP contribution in [0.5, 0.6) is 0 Å². The van der Waals surface area contributed by atoms with E-state index in [-0.39, 0.29) is 17.8 Å². The van der Waals surface area contributed by atoms with Gasteiger partial charge in [-0.1, -0.05) is 59.2 Å². The first-order valence-electron chi connectivity index (χ1n) is 7.28. The molecule has 6 heteroatoms. The minimum atomic E-state index is -0.342. The Bertz CT molecular complexity index is 656. The van der Waals surface area contributed by atoms with Crippen molar-refractivity contribution in [1.29, 1.82) is 0 Å². The maximum Gasteiger partial charge on any atom is 0.266 e. The fraction of sp³-hybridized carbons (Fsp3) is 0.375.